The molecule has 0 bridgehead atoms. The molecule has 0 aliphatic rings. The van der Waals surface area contributed by atoms with Crippen molar-refractivity contribution >= 4 is 12.3 Å². The maximum atomic E-state index is 10.6. The van der Waals surface area contributed by atoms with Crippen LogP contribution in [-0.4, -0.2) is 18.9 Å². The Bertz CT molecular complexity index is 163. The van der Waals surface area contributed by atoms with Crippen molar-refractivity contribution in [2.75, 3.05) is 6.61 Å². The molecule has 3 nitrogen and oxygen atoms in total. The average molecular weight is 170 g/mol. The summed E-state index contributed by atoms with van der Waals surface area (Å²) in [6.07, 6.45) is 3.24. The summed E-state index contributed by atoms with van der Waals surface area (Å²) in [5.41, 5.74) is 0. The number of rotatable bonds is 6. The van der Waals surface area contributed by atoms with Gasteiger partial charge in [-0.1, -0.05) is 13.5 Å². The molecule has 0 fully saturated rings. The molecule has 0 aliphatic carbocycles. The molecule has 3 heteroatoms. The highest BCUT2D eigenvalue weighted by molar-refractivity contribution is 5.81. The third-order valence-corrected chi connectivity index (χ3v) is 1.63. The Balaban J connectivity index is 3.63. The Morgan fingerprint density at radius 3 is 2.75 bits per heavy atom. The van der Waals surface area contributed by atoms with E-state index in [0.29, 0.717) is 13.0 Å². The summed E-state index contributed by atoms with van der Waals surface area (Å²) >= 11 is 0. The fourth-order valence-electron chi connectivity index (χ4n) is 0.748. The van der Waals surface area contributed by atoms with Crippen LogP contribution in [0.4, 0.5) is 0 Å². The second kappa shape index (κ2) is 6.58. The van der Waals surface area contributed by atoms with Crippen LogP contribution in [0.5, 0.6) is 0 Å². The van der Waals surface area contributed by atoms with Crippen molar-refractivity contribution < 1.29 is 14.3 Å². The lowest BCUT2D eigenvalue weighted by atomic mass is 10.1. The van der Waals surface area contributed by atoms with E-state index < -0.39 is 5.97 Å². The van der Waals surface area contributed by atoms with Crippen LogP contribution in [0.25, 0.3) is 0 Å². The van der Waals surface area contributed by atoms with E-state index in [0.717, 1.165) is 18.8 Å². The SMILES string of the molecule is C=CC(=O)OCC(CC)CC=O. The maximum Gasteiger partial charge on any atom is 0.330 e. The van der Waals surface area contributed by atoms with E-state index in [9.17, 15) is 9.59 Å². The van der Waals surface area contributed by atoms with Crippen molar-refractivity contribution in [2.45, 2.75) is 19.8 Å². The first-order valence-electron chi connectivity index (χ1n) is 3.97. The Hall–Kier alpha value is -1.12. The monoisotopic (exact) mass is 170 g/mol. The van der Waals surface area contributed by atoms with E-state index >= 15 is 0 Å². The van der Waals surface area contributed by atoms with Gasteiger partial charge >= 0.3 is 5.97 Å². The molecule has 0 aliphatic heterocycles. The zero-order valence-electron chi connectivity index (χ0n) is 7.29. The molecule has 0 rings (SSSR count). The second-order valence-corrected chi connectivity index (χ2v) is 2.51. The summed E-state index contributed by atoms with van der Waals surface area (Å²) in [6, 6.07) is 0. The average Bonchev–Trinajstić information content (AvgIpc) is 2.11. The van der Waals surface area contributed by atoms with Gasteiger partial charge in [-0.15, -0.1) is 0 Å². The van der Waals surface area contributed by atoms with Crippen LogP contribution < -0.4 is 0 Å². The minimum Gasteiger partial charge on any atom is -0.462 e. The molecule has 1 unspecified atom stereocenters. The second-order valence-electron chi connectivity index (χ2n) is 2.51. The molecule has 68 valence electrons. The van der Waals surface area contributed by atoms with Crippen LogP contribution in [0, 0.1) is 5.92 Å². The Morgan fingerprint density at radius 1 is 1.67 bits per heavy atom. The van der Waals surface area contributed by atoms with Crippen molar-refractivity contribution in [3.63, 3.8) is 0 Å². The molecule has 0 heterocycles. The number of hydrogen-bond acceptors (Lipinski definition) is 3. The normalized spacial score (nSPS) is 11.8. The molecule has 0 aromatic heterocycles. The van der Waals surface area contributed by atoms with E-state index in [-0.39, 0.29) is 5.92 Å². The number of esters is 1. The first-order valence-corrected chi connectivity index (χ1v) is 3.97. The zero-order chi connectivity index (χ0) is 9.40. The van der Waals surface area contributed by atoms with Gasteiger partial charge in [-0.25, -0.2) is 4.79 Å². The molecule has 0 N–H and O–H groups in total. The third-order valence-electron chi connectivity index (χ3n) is 1.63. The first-order chi connectivity index (χ1) is 5.74. The topological polar surface area (TPSA) is 43.4 Å². The van der Waals surface area contributed by atoms with Crippen LogP contribution in [-0.2, 0) is 14.3 Å². The fourth-order valence-corrected chi connectivity index (χ4v) is 0.748. The molecule has 0 saturated heterocycles. The van der Waals surface area contributed by atoms with Gasteiger partial charge in [-0.05, 0) is 12.3 Å². The van der Waals surface area contributed by atoms with Crippen LogP contribution in [0.2, 0.25) is 0 Å². The number of hydrogen-bond donors (Lipinski definition) is 0. The molecule has 0 radical (unpaired) electrons. The number of carbonyl (C=O) groups excluding carboxylic acids is 2. The van der Waals surface area contributed by atoms with Crippen LogP contribution in [0.3, 0.4) is 0 Å². The van der Waals surface area contributed by atoms with Crippen LogP contribution in [0.15, 0.2) is 12.7 Å². The first kappa shape index (κ1) is 10.9. The summed E-state index contributed by atoms with van der Waals surface area (Å²) in [6.45, 7) is 5.53. The predicted molar refractivity (Wildman–Crippen MR) is 45.6 cm³/mol. The van der Waals surface area contributed by atoms with Gasteiger partial charge in [0.2, 0.25) is 0 Å². The standard InChI is InChI=1S/C9H14O3/c1-3-8(5-6-10)7-12-9(11)4-2/h4,6,8H,2-3,5,7H2,1H3. The predicted octanol–water partition coefficient (Wildman–Crippen LogP) is 1.33. The largest absolute Gasteiger partial charge is 0.462 e. The Morgan fingerprint density at radius 2 is 2.33 bits per heavy atom. The maximum absolute atomic E-state index is 10.6. The lowest BCUT2D eigenvalue weighted by Gasteiger charge is -2.10. The van der Waals surface area contributed by atoms with Crippen molar-refractivity contribution in [1.29, 1.82) is 0 Å². The Kier molecular flexibility index (Phi) is 5.97. The van der Waals surface area contributed by atoms with E-state index in [1.165, 1.54) is 0 Å². The van der Waals surface area contributed by atoms with Gasteiger partial charge in [0, 0.05) is 12.5 Å². The van der Waals surface area contributed by atoms with Gasteiger partial charge in [0.1, 0.15) is 6.29 Å². The lowest BCUT2D eigenvalue weighted by molar-refractivity contribution is -0.139. The number of aldehydes is 1. The highest BCUT2D eigenvalue weighted by Crippen LogP contribution is 2.06. The van der Waals surface area contributed by atoms with E-state index in [1.807, 2.05) is 6.92 Å². The third kappa shape index (κ3) is 4.66. The van der Waals surface area contributed by atoms with Crippen molar-refractivity contribution in [3.8, 4) is 0 Å². The Labute approximate surface area is 72.4 Å². The van der Waals surface area contributed by atoms with Gasteiger partial charge < -0.3 is 9.53 Å². The summed E-state index contributed by atoms with van der Waals surface area (Å²) in [5.74, 6) is -0.286. The molecule has 0 amide bonds. The quantitative estimate of drug-likeness (QED) is 0.343. The molecule has 0 aromatic carbocycles. The summed E-state index contributed by atoms with van der Waals surface area (Å²) in [5, 5.41) is 0. The summed E-state index contributed by atoms with van der Waals surface area (Å²) < 4.78 is 4.78. The zero-order valence-corrected chi connectivity index (χ0v) is 7.29. The van der Waals surface area contributed by atoms with Gasteiger partial charge in [0.05, 0.1) is 6.61 Å². The molecule has 0 spiro atoms. The minimum atomic E-state index is -0.431. The van der Waals surface area contributed by atoms with E-state index in [2.05, 4.69) is 6.58 Å². The van der Waals surface area contributed by atoms with E-state index in [1.54, 1.807) is 0 Å². The molecular formula is C9H14O3. The smallest absolute Gasteiger partial charge is 0.330 e. The van der Waals surface area contributed by atoms with Crippen LogP contribution >= 0.6 is 0 Å². The van der Waals surface area contributed by atoms with Gasteiger partial charge in [0.15, 0.2) is 0 Å². The van der Waals surface area contributed by atoms with Gasteiger partial charge in [-0.2, -0.15) is 0 Å². The highest BCUT2D eigenvalue weighted by atomic mass is 16.5. The lowest BCUT2D eigenvalue weighted by Crippen LogP contribution is -2.12. The highest BCUT2D eigenvalue weighted by Gasteiger charge is 2.07. The van der Waals surface area contributed by atoms with Crippen molar-refractivity contribution in [1.82, 2.24) is 0 Å². The van der Waals surface area contributed by atoms with Gasteiger partial charge in [0.25, 0.3) is 0 Å². The number of carbonyl (C=O) groups is 2. The summed E-state index contributed by atoms with van der Waals surface area (Å²) in [4.78, 5) is 20.7. The minimum absolute atomic E-state index is 0.145. The van der Waals surface area contributed by atoms with Crippen molar-refractivity contribution in [2.24, 2.45) is 5.92 Å². The van der Waals surface area contributed by atoms with E-state index in [4.69, 9.17) is 4.74 Å². The fraction of sp³-hybridized carbons (Fsp3) is 0.556. The molecular weight excluding hydrogens is 156 g/mol. The molecule has 0 saturated carbocycles. The van der Waals surface area contributed by atoms with Crippen molar-refractivity contribution in [3.05, 3.63) is 12.7 Å². The van der Waals surface area contributed by atoms with Crippen LogP contribution in [0.1, 0.15) is 19.8 Å². The molecule has 0 aromatic rings. The van der Waals surface area contributed by atoms with Gasteiger partial charge in [-0.3, -0.25) is 0 Å². The molecule has 12 heavy (non-hydrogen) atoms. The number of ether oxygens (including phenoxy) is 1. The molecule has 1 atom stereocenters. The summed E-state index contributed by atoms with van der Waals surface area (Å²) in [7, 11) is 0.